The minimum Gasteiger partial charge on any atom is -0.467 e. The maximum absolute atomic E-state index is 12.0. The molecule has 7 heteroatoms. The van der Waals surface area contributed by atoms with Crippen LogP contribution in [0.4, 0.5) is 0 Å². The Morgan fingerprint density at radius 3 is 2.76 bits per heavy atom. The fraction of sp³-hybridized carbons (Fsp3) is 0.357. The van der Waals surface area contributed by atoms with Gasteiger partial charge in [0.25, 0.3) is 5.91 Å². The minimum absolute atomic E-state index is 0.235. The third kappa shape index (κ3) is 3.50. The average molecular weight is 292 g/mol. The van der Waals surface area contributed by atoms with E-state index in [4.69, 9.17) is 13.7 Å². The lowest BCUT2D eigenvalue weighted by Gasteiger charge is -2.12. The van der Waals surface area contributed by atoms with Crippen LogP contribution in [-0.4, -0.2) is 23.1 Å². The van der Waals surface area contributed by atoms with Gasteiger partial charge in [-0.1, -0.05) is 5.16 Å². The van der Waals surface area contributed by atoms with Crippen molar-refractivity contribution in [2.24, 2.45) is 0 Å². The van der Waals surface area contributed by atoms with Gasteiger partial charge >= 0.3 is 5.97 Å². The number of rotatable bonds is 5. The van der Waals surface area contributed by atoms with Crippen LogP contribution < -0.4 is 5.32 Å². The summed E-state index contributed by atoms with van der Waals surface area (Å²) in [5.41, 5.74) is 0.682. The summed E-state index contributed by atoms with van der Waals surface area (Å²) >= 11 is 0. The number of carbonyl (C=O) groups excluding carboxylic acids is 2. The molecular weight excluding hydrogens is 276 g/mol. The van der Waals surface area contributed by atoms with Crippen molar-refractivity contribution in [3.8, 4) is 0 Å². The first kappa shape index (κ1) is 14.8. The molecule has 0 saturated carbocycles. The molecule has 0 fully saturated rings. The van der Waals surface area contributed by atoms with E-state index in [1.165, 1.54) is 13.2 Å². The molecule has 0 saturated heterocycles. The van der Waals surface area contributed by atoms with Crippen molar-refractivity contribution in [1.82, 2.24) is 10.5 Å². The number of nitrogens with one attached hydrogen (secondary N) is 1. The highest BCUT2D eigenvalue weighted by molar-refractivity contribution is 5.93. The van der Waals surface area contributed by atoms with E-state index < -0.39 is 18.0 Å². The lowest BCUT2D eigenvalue weighted by molar-refractivity contribution is -0.129. The van der Waals surface area contributed by atoms with Gasteiger partial charge in [-0.3, -0.25) is 4.79 Å². The number of nitrogens with zero attached hydrogens (tertiary/aromatic N) is 1. The van der Waals surface area contributed by atoms with Crippen molar-refractivity contribution in [3.63, 3.8) is 0 Å². The van der Waals surface area contributed by atoms with E-state index in [0.717, 1.165) is 0 Å². The first-order valence-electron chi connectivity index (χ1n) is 6.43. The van der Waals surface area contributed by atoms with Crippen LogP contribution in [0.1, 0.15) is 34.5 Å². The molecule has 0 bridgehead atoms. The summed E-state index contributed by atoms with van der Waals surface area (Å²) in [6.07, 6.45) is 0.587. The third-order valence-corrected chi connectivity index (χ3v) is 2.91. The molecule has 0 aliphatic carbocycles. The number of carbonyl (C=O) groups is 2. The highest BCUT2D eigenvalue weighted by Crippen LogP contribution is 2.14. The molecule has 2 aromatic rings. The Kier molecular flexibility index (Phi) is 4.42. The van der Waals surface area contributed by atoms with E-state index in [0.29, 0.717) is 17.2 Å². The van der Waals surface area contributed by atoms with Gasteiger partial charge in [-0.05, 0) is 32.9 Å². The monoisotopic (exact) mass is 292 g/mol. The fourth-order valence-electron chi connectivity index (χ4n) is 1.78. The quantitative estimate of drug-likeness (QED) is 0.843. The lowest BCUT2D eigenvalue weighted by atomic mass is 10.2. The van der Waals surface area contributed by atoms with E-state index in [-0.39, 0.29) is 12.1 Å². The second-order valence-electron chi connectivity index (χ2n) is 4.54. The lowest BCUT2D eigenvalue weighted by Crippen LogP contribution is -2.35. The van der Waals surface area contributed by atoms with Crippen LogP contribution in [0.15, 0.2) is 27.3 Å². The fourth-order valence-corrected chi connectivity index (χ4v) is 1.78. The zero-order valence-electron chi connectivity index (χ0n) is 12.0. The topological polar surface area (TPSA) is 94.6 Å². The highest BCUT2D eigenvalue weighted by atomic mass is 16.5. The molecule has 1 N–H and O–H groups in total. The summed E-state index contributed by atoms with van der Waals surface area (Å²) in [7, 11) is 0. The van der Waals surface area contributed by atoms with Crippen molar-refractivity contribution in [3.05, 3.63) is 41.2 Å². The molecule has 112 valence electrons. The van der Waals surface area contributed by atoms with E-state index >= 15 is 0 Å². The Labute approximate surface area is 121 Å². The SMILES string of the molecule is Cc1noc(C)c1C(=O)O[C@H](C)C(=O)NCc1ccco1. The van der Waals surface area contributed by atoms with Crippen LogP contribution in [0.5, 0.6) is 0 Å². The van der Waals surface area contributed by atoms with E-state index in [9.17, 15) is 9.59 Å². The molecule has 2 aromatic heterocycles. The smallest absolute Gasteiger partial charge is 0.344 e. The second-order valence-corrected chi connectivity index (χ2v) is 4.54. The standard InChI is InChI=1S/C14H16N2O5/c1-8-12(9(2)21-16-8)14(18)20-10(3)13(17)15-7-11-5-4-6-19-11/h4-6,10H,7H2,1-3H3,(H,15,17)/t10-/m1/s1. The van der Waals surface area contributed by atoms with Crippen LogP contribution in [-0.2, 0) is 16.1 Å². The first-order valence-corrected chi connectivity index (χ1v) is 6.43. The van der Waals surface area contributed by atoms with Crippen molar-refractivity contribution in [2.45, 2.75) is 33.4 Å². The Bertz CT molecular complexity index is 610. The summed E-state index contributed by atoms with van der Waals surface area (Å²) in [6.45, 7) is 4.97. The number of hydrogen-bond donors (Lipinski definition) is 1. The maximum Gasteiger partial charge on any atom is 0.344 e. The number of aromatic nitrogens is 1. The van der Waals surface area contributed by atoms with Gasteiger partial charge in [0, 0.05) is 0 Å². The molecular formula is C14H16N2O5. The Morgan fingerprint density at radius 1 is 1.43 bits per heavy atom. The predicted octanol–water partition coefficient (Wildman–Crippen LogP) is 1.75. The summed E-state index contributed by atoms with van der Waals surface area (Å²) in [5, 5.41) is 6.29. The summed E-state index contributed by atoms with van der Waals surface area (Å²) in [4.78, 5) is 23.8. The molecule has 0 radical (unpaired) electrons. The normalized spacial score (nSPS) is 12.0. The van der Waals surface area contributed by atoms with E-state index in [2.05, 4.69) is 10.5 Å². The van der Waals surface area contributed by atoms with Gasteiger partial charge < -0.3 is 19.0 Å². The molecule has 0 aromatic carbocycles. The number of amides is 1. The molecule has 2 heterocycles. The molecule has 7 nitrogen and oxygen atoms in total. The third-order valence-electron chi connectivity index (χ3n) is 2.91. The van der Waals surface area contributed by atoms with Gasteiger partial charge in [0.1, 0.15) is 17.1 Å². The van der Waals surface area contributed by atoms with E-state index in [1.807, 2.05) is 0 Å². The maximum atomic E-state index is 12.0. The molecule has 0 unspecified atom stereocenters. The molecule has 1 amide bonds. The van der Waals surface area contributed by atoms with Crippen LogP contribution in [0.3, 0.4) is 0 Å². The molecule has 0 aliphatic rings. The molecule has 2 rings (SSSR count). The Balaban J connectivity index is 1.90. The van der Waals surface area contributed by atoms with Crippen LogP contribution in [0, 0.1) is 13.8 Å². The number of esters is 1. The Morgan fingerprint density at radius 2 is 2.19 bits per heavy atom. The van der Waals surface area contributed by atoms with Crippen molar-refractivity contribution in [1.29, 1.82) is 0 Å². The summed E-state index contributed by atoms with van der Waals surface area (Å²) < 4.78 is 15.1. The van der Waals surface area contributed by atoms with Crippen LogP contribution in [0.25, 0.3) is 0 Å². The molecule has 0 aliphatic heterocycles. The first-order chi connectivity index (χ1) is 9.99. The van der Waals surface area contributed by atoms with Crippen LogP contribution in [0.2, 0.25) is 0 Å². The van der Waals surface area contributed by atoms with Gasteiger partial charge in [-0.2, -0.15) is 0 Å². The molecule has 21 heavy (non-hydrogen) atoms. The van der Waals surface area contributed by atoms with Gasteiger partial charge in [-0.25, -0.2) is 4.79 Å². The van der Waals surface area contributed by atoms with Crippen molar-refractivity contribution < 1.29 is 23.3 Å². The summed E-state index contributed by atoms with van der Waals surface area (Å²) in [5.74, 6) is -0.0632. The zero-order valence-corrected chi connectivity index (χ0v) is 12.0. The number of ether oxygens (including phenoxy) is 1. The van der Waals surface area contributed by atoms with Crippen LogP contribution >= 0.6 is 0 Å². The molecule has 1 atom stereocenters. The average Bonchev–Trinajstić information content (AvgIpc) is 3.06. The van der Waals surface area contributed by atoms with Gasteiger partial charge in [0.05, 0.1) is 18.5 Å². The van der Waals surface area contributed by atoms with Crippen molar-refractivity contribution >= 4 is 11.9 Å². The largest absolute Gasteiger partial charge is 0.467 e. The zero-order chi connectivity index (χ0) is 15.4. The number of aryl methyl sites for hydroxylation is 2. The number of furan rings is 1. The highest BCUT2D eigenvalue weighted by Gasteiger charge is 2.24. The van der Waals surface area contributed by atoms with Gasteiger partial charge in [-0.15, -0.1) is 0 Å². The second kappa shape index (κ2) is 6.25. The summed E-state index contributed by atoms with van der Waals surface area (Å²) in [6, 6.07) is 3.46. The number of hydrogen-bond acceptors (Lipinski definition) is 6. The minimum atomic E-state index is -0.929. The van der Waals surface area contributed by atoms with Gasteiger partial charge in [0.15, 0.2) is 6.10 Å². The van der Waals surface area contributed by atoms with Gasteiger partial charge in [0.2, 0.25) is 0 Å². The molecule has 0 spiro atoms. The Hall–Kier alpha value is -2.57. The predicted molar refractivity (Wildman–Crippen MR) is 71.4 cm³/mol. The van der Waals surface area contributed by atoms with Crippen molar-refractivity contribution in [2.75, 3.05) is 0 Å². The van der Waals surface area contributed by atoms with E-state index in [1.54, 1.807) is 26.0 Å².